The highest BCUT2D eigenvalue weighted by molar-refractivity contribution is 5.78. The highest BCUT2D eigenvalue weighted by Gasteiger charge is 2.51. The predicted octanol–water partition coefficient (Wildman–Crippen LogP) is 2.97. The maximum absolute atomic E-state index is 13.4. The van der Waals surface area contributed by atoms with Crippen LogP contribution in [0.15, 0.2) is 24.3 Å². The number of hydrogen-bond acceptors (Lipinski definition) is 4. The summed E-state index contributed by atoms with van der Waals surface area (Å²) in [5.41, 5.74) is 0.943. The summed E-state index contributed by atoms with van der Waals surface area (Å²) in [7, 11) is 0. The zero-order valence-corrected chi connectivity index (χ0v) is 19.9. The second-order valence-electron chi connectivity index (χ2n) is 10.8. The van der Waals surface area contributed by atoms with E-state index in [2.05, 4.69) is 20.9 Å². The molecule has 4 bridgehead atoms. The number of hydrogen-bond donors (Lipinski definition) is 3. The summed E-state index contributed by atoms with van der Waals surface area (Å²) in [6.07, 6.45) is 7.58. The number of benzene rings is 1. The SMILES string of the molecule is O=C(CCNC(=O)NC12CC3CC(CC(C3)C1)C2)NCC(c1ccc(F)cc1)N1CCOCC1. The Kier molecular flexibility index (Phi) is 7.06. The Balaban J connectivity index is 1.07. The molecule has 1 heterocycles. The van der Waals surface area contributed by atoms with E-state index in [-0.39, 0.29) is 35.8 Å². The number of nitrogens with zero attached hydrogens (tertiary/aromatic N) is 1. The van der Waals surface area contributed by atoms with Gasteiger partial charge in [0, 0.05) is 38.1 Å². The molecule has 7 nitrogen and oxygen atoms in total. The van der Waals surface area contributed by atoms with Crippen LogP contribution in [0.2, 0.25) is 0 Å². The number of rotatable bonds is 8. The van der Waals surface area contributed by atoms with Crippen molar-refractivity contribution in [1.82, 2.24) is 20.9 Å². The number of amides is 3. The third kappa shape index (κ3) is 5.54. The first kappa shape index (κ1) is 23.5. The van der Waals surface area contributed by atoms with Crippen molar-refractivity contribution < 1.29 is 18.7 Å². The lowest BCUT2D eigenvalue weighted by Gasteiger charge is -2.56. The summed E-state index contributed by atoms with van der Waals surface area (Å²) in [5.74, 6) is 1.95. The van der Waals surface area contributed by atoms with Gasteiger partial charge in [-0.15, -0.1) is 0 Å². The normalized spacial score (nSPS) is 31.1. The molecule has 34 heavy (non-hydrogen) atoms. The Morgan fingerprint density at radius 1 is 1.00 bits per heavy atom. The molecule has 5 aliphatic rings. The molecule has 1 aromatic rings. The molecular weight excluding hydrogens is 435 g/mol. The van der Waals surface area contributed by atoms with Crippen molar-refractivity contribution >= 4 is 11.9 Å². The lowest BCUT2D eigenvalue weighted by molar-refractivity contribution is -0.121. The molecular formula is C26H37FN4O3. The fourth-order valence-corrected chi connectivity index (χ4v) is 7.17. The quantitative estimate of drug-likeness (QED) is 0.543. The summed E-state index contributed by atoms with van der Waals surface area (Å²) in [6.45, 7) is 3.57. The van der Waals surface area contributed by atoms with Crippen LogP contribution in [0.25, 0.3) is 0 Å². The number of ether oxygens (including phenoxy) is 1. The molecule has 0 aromatic heterocycles. The number of morpholine rings is 1. The molecule has 6 rings (SSSR count). The molecule has 1 unspecified atom stereocenters. The van der Waals surface area contributed by atoms with Crippen molar-refractivity contribution in [2.75, 3.05) is 39.4 Å². The molecule has 1 aromatic carbocycles. The van der Waals surface area contributed by atoms with Gasteiger partial charge in [-0.25, -0.2) is 9.18 Å². The monoisotopic (exact) mass is 472 g/mol. The molecule has 1 atom stereocenters. The van der Waals surface area contributed by atoms with E-state index in [9.17, 15) is 14.0 Å². The molecule has 3 amide bonds. The summed E-state index contributed by atoms with van der Waals surface area (Å²) < 4.78 is 18.9. The lowest BCUT2D eigenvalue weighted by atomic mass is 9.53. The highest BCUT2D eigenvalue weighted by atomic mass is 19.1. The maximum Gasteiger partial charge on any atom is 0.315 e. The van der Waals surface area contributed by atoms with Crippen LogP contribution in [-0.4, -0.2) is 61.8 Å². The Morgan fingerprint density at radius 3 is 2.24 bits per heavy atom. The van der Waals surface area contributed by atoms with Gasteiger partial charge >= 0.3 is 6.03 Å². The van der Waals surface area contributed by atoms with Crippen molar-refractivity contribution in [3.8, 4) is 0 Å². The average Bonchev–Trinajstić information content (AvgIpc) is 2.80. The number of urea groups is 1. The van der Waals surface area contributed by atoms with E-state index in [0.717, 1.165) is 55.7 Å². The topological polar surface area (TPSA) is 82.7 Å². The molecule has 8 heteroatoms. The van der Waals surface area contributed by atoms with Gasteiger partial charge in [0.25, 0.3) is 0 Å². The van der Waals surface area contributed by atoms with Crippen molar-refractivity contribution in [3.05, 3.63) is 35.6 Å². The fraction of sp³-hybridized carbons (Fsp3) is 0.692. The second kappa shape index (κ2) is 10.2. The van der Waals surface area contributed by atoms with Crippen LogP contribution in [0.3, 0.4) is 0 Å². The van der Waals surface area contributed by atoms with Crippen LogP contribution in [0.4, 0.5) is 9.18 Å². The van der Waals surface area contributed by atoms with Gasteiger partial charge in [-0.3, -0.25) is 9.69 Å². The van der Waals surface area contributed by atoms with Crippen LogP contribution in [0.5, 0.6) is 0 Å². The van der Waals surface area contributed by atoms with Crippen molar-refractivity contribution in [1.29, 1.82) is 0 Å². The van der Waals surface area contributed by atoms with Crippen LogP contribution in [0, 0.1) is 23.6 Å². The fourth-order valence-electron chi connectivity index (χ4n) is 7.17. The van der Waals surface area contributed by atoms with E-state index < -0.39 is 0 Å². The first-order chi connectivity index (χ1) is 16.5. The van der Waals surface area contributed by atoms with Gasteiger partial charge in [-0.05, 0) is 74.0 Å². The minimum atomic E-state index is -0.272. The van der Waals surface area contributed by atoms with Gasteiger partial charge in [0.1, 0.15) is 5.82 Å². The smallest absolute Gasteiger partial charge is 0.315 e. The largest absolute Gasteiger partial charge is 0.379 e. The molecule has 5 fully saturated rings. The first-order valence-corrected chi connectivity index (χ1v) is 12.9. The van der Waals surface area contributed by atoms with Gasteiger partial charge in [0.05, 0.1) is 19.3 Å². The Hall–Kier alpha value is -2.19. The highest BCUT2D eigenvalue weighted by Crippen LogP contribution is 2.55. The van der Waals surface area contributed by atoms with Crippen LogP contribution in [-0.2, 0) is 9.53 Å². The molecule has 4 saturated carbocycles. The predicted molar refractivity (Wildman–Crippen MR) is 127 cm³/mol. The number of carbonyl (C=O) groups excluding carboxylic acids is 2. The van der Waals surface area contributed by atoms with Crippen molar-refractivity contribution in [3.63, 3.8) is 0 Å². The van der Waals surface area contributed by atoms with Gasteiger partial charge in [-0.1, -0.05) is 12.1 Å². The summed E-state index contributed by atoms with van der Waals surface area (Å²) in [6, 6.07) is 6.28. The van der Waals surface area contributed by atoms with E-state index in [1.165, 1.54) is 31.4 Å². The summed E-state index contributed by atoms with van der Waals surface area (Å²) >= 11 is 0. The second-order valence-corrected chi connectivity index (χ2v) is 10.8. The maximum atomic E-state index is 13.4. The Labute approximate surface area is 201 Å². The van der Waals surface area contributed by atoms with E-state index in [4.69, 9.17) is 4.74 Å². The van der Waals surface area contributed by atoms with Crippen LogP contribution >= 0.6 is 0 Å². The Bertz CT molecular complexity index is 836. The number of carbonyl (C=O) groups is 2. The minimum Gasteiger partial charge on any atom is -0.379 e. The van der Waals surface area contributed by atoms with Gasteiger partial charge in [0.15, 0.2) is 0 Å². The summed E-state index contributed by atoms with van der Waals surface area (Å²) in [4.78, 5) is 27.4. The molecule has 1 saturated heterocycles. The van der Waals surface area contributed by atoms with Gasteiger partial charge in [-0.2, -0.15) is 0 Å². The first-order valence-electron chi connectivity index (χ1n) is 12.9. The molecule has 0 radical (unpaired) electrons. The zero-order chi connectivity index (χ0) is 23.5. The molecule has 4 aliphatic carbocycles. The number of halogens is 1. The zero-order valence-electron chi connectivity index (χ0n) is 19.9. The van der Waals surface area contributed by atoms with E-state index in [1.54, 1.807) is 12.1 Å². The lowest BCUT2D eigenvalue weighted by Crippen LogP contribution is -2.61. The van der Waals surface area contributed by atoms with Crippen LogP contribution < -0.4 is 16.0 Å². The van der Waals surface area contributed by atoms with E-state index in [1.807, 2.05) is 0 Å². The van der Waals surface area contributed by atoms with Gasteiger partial charge < -0.3 is 20.7 Å². The van der Waals surface area contributed by atoms with Crippen molar-refractivity contribution in [2.24, 2.45) is 17.8 Å². The molecule has 0 spiro atoms. The number of nitrogens with one attached hydrogen (secondary N) is 3. The van der Waals surface area contributed by atoms with Crippen LogP contribution in [0.1, 0.15) is 56.6 Å². The standard InChI is InChI=1S/C26H37FN4O3/c27-22-3-1-21(2-4-22)23(31-7-9-34-10-8-31)17-29-24(32)5-6-28-25(33)30-26-14-18-11-19(15-26)13-20(12-18)16-26/h1-4,18-20,23H,5-17H2,(H,29,32)(H2,28,30,33). The van der Waals surface area contributed by atoms with Gasteiger partial charge in [0.2, 0.25) is 5.91 Å². The molecule has 1 aliphatic heterocycles. The van der Waals surface area contributed by atoms with Crippen molar-refractivity contribution in [2.45, 2.75) is 56.5 Å². The molecule has 3 N–H and O–H groups in total. The average molecular weight is 473 g/mol. The van der Waals surface area contributed by atoms with E-state index >= 15 is 0 Å². The third-order valence-electron chi connectivity index (χ3n) is 8.29. The Morgan fingerprint density at radius 2 is 1.62 bits per heavy atom. The summed E-state index contributed by atoms with van der Waals surface area (Å²) in [5, 5.41) is 9.19. The minimum absolute atomic E-state index is 0.0262. The van der Waals surface area contributed by atoms with E-state index in [0.29, 0.717) is 26.3 Å². The third-order valence-corrected chi connectivity index (χ3v) is 8.29. The molecule has 186 valence electrons.